The molecule has 0 saturated carbocycles. The van der Waals surface area contributed by atoms with E-state index in [0.717, 1.165) is 5.69 Å². The highest BCUT2D eigenvalue weighted by atomic mass is 35.5. The van der Waals surface area contributed by atoms with Gasteiger partial charge in [-0.2, -0.15) is 0 Å². The third kappa shape index (κ3) is 4.34. The molecule has 1 atom stereocenters. The number of carbonyl (C=O) groups is 2. The van der Waals surface area contributed by atoms with E-state index in [2.05, 4.69) is 0 Å². The summed E-state index contributed by atoms with van der Waals surface area (Å²) in [6, 6.07) is 6.86. The van der Waals surface area contributed by atoms with Crippen LogP contribution >= 0.6 is 11.6 Å². The maximum absolute atomic E-state index is 11.9. The van der Waals surface area contributed by atoms with Crippen molar-refractivity contribution in [1.29, 1.82) is 0 Å². The maximum atomic E-state index is 11.9. The molecule has 1 aromatic rings. The van der Waals surface area contributed by atoms with E-state index in [1.54, 1.807) is 29.2 Å². The van der Waals surface area contributed by atoms with Gasteiger partial charge in [-0.25, -0.2) is 4.79 Å². The van der Waals surface area contributed by atoms with Gasteiger partial charge in [0.1, 0.15) is 6.61 Å². The Morgan fingerprint density at radius 1 is 1.48 bits per heavy atom. The normalized spacial score (nSPS) is 16.1. The van der Waals surface area contributed by atoms with Crippen molar-refractivity contribution in [3.63, 3.8) is 0 Å². The second-order valence-corrected chi connectivity index (χ2v) is 5.31. The predicted molar refractivity (Wildman–Crippen MR) is 86.1 cm³/mol. The van der Waals surface area contributed by atoms with Crippen LogP contribution in [0.5, 0.6) is 0 Å². The van der Waals surface area contributed by atoms with Gasteiger partial charge in [0.2, 0.25) is 0 Å². The van der Waals surface area contributed by atoms with E-state index >= 15 is 0 Å². The second-order valence-electron chi connectivity index (χ2n) is 5.00. The smallest absolute Gasteiger partial charge is 0.414 e. The van der Waals surface area contributed by atoms with Crippen molar-refractivity contribution < 1.29 is 24.2 Å². The van der Waals surface area contributed by atoms with Crippen LogP contribution in [0.3, 0.4) is 0 Å². The number of hydrogen-bond donors (Lipinski definition) is 1. The molecule has 7 nitrogen and oxygen atoms in total. The number of ether oxygens (including phenoxy) is 2. The van der Waals surface area contributed by atoms with E-state index in [1.807, 2.05) is 0 Å². The van der Waals surface area contributed by atoms with Gasteiger partial charge in [0.05, 0.1) is 32.2 Å². The van der Waals surface area contributed by atoms with Crippen molar-refractivity contribution in [2.24, 2.45) is 0 Å². The van der Waals surface area contributed by atoms with Gasteiger partial charge in [-0.1, -0.05) is 0 Å². The van der Waals surface area contributed by atoms with Crippen molar-refractivity contribution in [1.82, 2.24) is 0 Å². The van der Waals surface area contributed by atoms with Crippen LogP contribution in [0, 0.1) is 0 Å². The van der Waals surface area contributed by atoms with Crippen LogP contribution in [0.2, 0.25) is 0 Å². The molecule has 1 fully saturated rings. The van der Waals surface area contributed by atoms with Crippen LogP contribution in [-0.2, 0) is 14.3 Å². The quantitative estimate of drug-likeness (QED) is 0.814. The molecule has 23 heavy (non-hydrogen) atoms. The Kier molecular flexibility index (Phi) is 6.20. The van der Waals surface area contributed by atoms with Gasteiger partial charge in [0.25, 0.3) is 5.91 Å². The van der Waals surface area contributed by atoms with Crippen molar-refractivity contribution in [3.8, 4) is 0 Å². The minimum atomic E-state index is -0.865. The third-order valence-corrected chi connectivity index (χ3v) is 3.78. The number of morpholine rings is 1. The molecule has 1 aromatic carbocycles. The molecule has 1 saturated heterocycles. The lowest BCUT2D eigenvalue weighted by molar-refractivity contribution is -0.125. The average Bonchev–Trinajstić information content (AvgIpc) is 2.59. The zero-order valence-electron chi connectivity index (χ0n) is 12.8. The summed E-state index contributed by atoms with van der Waals surface area (Å²) in [5.74, 6) is -0.0974. The Morgan fingerprint density at radius 2 is 2.17 bits per heavy atom. The summed E-state index contributed by atoms with van der Waals surface area (Å²) in [7, 11) is 1.27. The van der Waals surface area contributed by atoms with Crippen LogP contribution < -0.4 is 9.80 Å². The van der Waals surface area contributed by atoms with E-state index in [0.29, 0.717) is 18.8 Å². The maximum Gasteiger partial charge on any atom is 0.414 e. The molecular formula is C15H19ClN2O5. The summed E-state index contributed by atoms with van der Waals surface area (Å²) in [4.78, 5) is 26.6. The zero-order valence-corrected chi connectivity index (χ0v) is 13.5. The molecule has 1 aliphatic rings. The zero-order chi connectivity index (χ0) is 16.8. The topological polar surface area (TPSA) is 79.3 Å². The molecular weight excluding hydrogens is 324 g/mol. The summed E-state index contributed by atoms with van der Waals surface area (Å²) >= 11 is 5.59. The molecule has 1 aliphatic heterocycles. The van der Waals surface area contributed by atoms with E-state index in [-0.39, 0.29) is 24.9 Å². The predicted octanol–water partition coefficient (Wildman–Crippen LogP) is 1.22. The number of anilines is 2. The fourth-order valence-corrected chi connectivity index (χ4v) is 2.36. The third-order valence-electron chi connectivity index (χ3n) is 3.43. The van der Waals surface area contributed by atoms with Gasteiger partial charge >= 0.3 is 6.09 Å². The number of halogens is 1. The van der Waals surface area contributed by atoms with Crippen LogP contribution in [0.15, 0.2) is 24.3 Å². The first kappa shape index (κ1) is 17.5. The number of aliphatic hydroxyl groups is 1. The number of hydrogen-bond acceptors (Lipinski definition) is 5. The largest absolute Gasteiger partial charge is 0.452 e. The van der Waals surface area contributed by atoms with E-state index < -0.39 is 12.2 Å². The number of nitrogens with zero attached hydrogens (tertiary/aromatic N) is 2. The van der Waals surface area contributed by atoms with Gasteiger partial charge < -0.3 is 19.5 Å². The number of benzene rings is 1. The molecule has 8 heteroatoms. The van der Waals surface area contributed by atoms with Crippen LogP contribution in [0.1, 0.15) is 0 Å². The summed E-state index contributed by atoms with van der Waals surface area (Å²) in [6.45, 7) is 1.07. The number of methoxy groups -OCH3 is 1. The second kappa shape index (κ2) is 8.14. The van der Waals surface area contributed by atoms with Gasteiger partial charge in [-0.3, -0.25) is 9.69 Å². The molecule has 0 aromatic heterocycles. The molecule has 126 valence electrons. The van der Waals surface area contributed by atoms with E-state index in [9.17, 15) is 14.7 Å². The van der Waals surface area contributed by atoms with E-state index in [4.69, 9.17) is 21.1 Å². The first-order valence-corrected chi connectivity index (χ1v) is 7.68. The minimum Gasteiger partial charge on any atom is -0.452 e. The molecule has 0 radical (unpaired) electrons. The van der Waals surface area contributed by atoms with Crippen molar-refractivity contribution in [3.05, 3.63) is 24.3 Å². The lowest BCUT2D eigenvalue weighted by atomic mass is 10.2. The molecule has 2 amide bonds. The first-order valence-electron chi connectivity index (χ1n) is 7.14. The highest BCUT2D eigenvalue weighted by Gasteiger charge is 2.22. The van der Waals surface area contributed by atoms with Gasteiger partial charge in [-0.05, 0) is 24.3 Å². The minimum absolute atomic E-state index is 0.00780. The van der Waals surface area contributed by atoms with Crippen LogP contribution in [-0.4, -0.2) is 62.5 Å². The molecule has 0 bridgehead atoms. The number of aliphatic hydroxyl groups excluding tert-OH is 1. The molecule has 1 unspecified atom stereocenters. The molecule has 1 N–H and O–H groups in total. The number of alkyl halides is 1. The molecule has 1 heterocycles. The van der Waals surface area contributed by atoms with Crippen molar-refractivity contribution in [2.45, 2.75) is 6.10 Å². The Bertz CT molecular complexity index is 551. The number of amides is 2. The van der Waals surface area contributed by atoms with Gasteiger partial charge in [-0.15, -0.1) is 11.6 Å². The monoisotopic (exact) mass is 342 g/mol. The fraction of sp³-hybridized carbons (Fsp3) is 0.467. The summed E-state index contributed by atoms with van der Waals surface area (Å²) < 4.78 is 9.82. The Hall–Kier alpha value is -1.83. The Balaban J connectivity index is 2.17. The summed E-state index contributed by atoms with van der Waals surface area (Å²) in [6.07, 6.45) is -1.46. The van der Waals surface area contributed by atoms with Crippen LogP contribution in [0.4, 0.5) is 16.2 Å². The van der Waals surface area contributed by atoms with Crippen molar-refractivity contribution in [2.75, 3.05) is 49.1 Å². The van der Waals surface area contributed by atoms with Crippen molar-refractivity contribution >= 4 is 35.0 Å². The number of carbonyl (C=O) groups excluding carboxylic acids is 2. The molecule has 0 aliphatic carbocycles. The van der Waals surface area contributed by atoms with Gasteiger partial charge in [0, 0.05) is 17.9 Å². The first-order chi connectivity index (χ1) is 11.1. The molecule has 0 spiro atoms. The Labute approximate surface area is 139 Å². The average molecular weight is 343 g/mol. The van der Waals surface area contributed by atoms with Crippen LogP contribution in [0.25, 0.3) is 0 Å². The molecule has 2 rings (SSSR count). The SMILES string of the molecule is COC(=O)N(CC(O)CCl)c1ccc(N2CCOCC2=O)cc1. The summed E-state index contributed by atoms with van der Waals surface area (Å²) in [5.41, 5.74) is 1.27. The standard InChI is InChI=1S/C15H19ClN2O5/c1-22-15(21)18(9-13(19)8-16)12-4-2-11(3-5-12)17-6-7-23-10-14(17)20/h2-5,13,19H,6-10H2,1H3. The number of rotatable bonds is 5. The lowest BCUT2D eigenvalue weighted by Gasteiger charge is -2.28. The summed E-state index contributed by atoms with van der Waals surface area (Å²) in [5, 5.41) is 9.68. The van der Waals surface area contributed by atoms with E-state index in [1.165, 1.54) is 12.0 Å². The fourth-order valence-electron chi connectivity index (χ4n) is 2.26. The highest BCUT2D eigenvalue weighted by molar-refractivity contribution is 6.18. The van der Waals surface area contributed by atoms with Gasteiger partial charge in [0.15, 0.2) is 0 Å². The lowest BCUT2D eigenvalue weighted by Crippen LogP contribution is -2.41. The highest BCUT2D eigenvalue weighted by Crippen LogP contribution is 2.23. The Morgan fingerprint density at radius 3 is 2.74 bits per heavy atom.